The maximum absolute atomic E-state index is 11.1. The smallest absolute Gasteiger partial charge is 0.250 e. The zero-order valence-corrected chi connectivity index (χ0v) is 8.89. The summed E-state index contributed by atoms with van der Waals surface area (Å²) in [7, 11) is -3.48. The van der Waals surface area contributed by atoms with Crippen LogP contribution in [-0.4, -0.2) is 26.6 Å². The fourth-order valence-corrected chi connectivity index (χ4v) is 1.39. The van der Waals surface area contributed by atoms with Crippen LogP contribution in [0.3, 0.4) is 0 Å². The van der Waals surface area contributed by atoms with Gasteiger partial charge in [0.15, 0.2) is 0 Å². The predicted octanol–water partition coefficient (Wildman–Crippen LogP) is -0.564. The molecule has 1 amide bonds. The molecule has 0 aliphatic heterocycles. The molecule has 0 aliphatic carbocycles. The highest BCUT2D eigenvalue weighted by Gasteiger charge is 2.17. The quantitative estimate of drug-likeness (QED) is 0.648. The van der Waals surface area contributed by atoms with E-state index in [1.54, 1.807) is 0 Å². The highest BCUT2D eigenvalue weighted by molar-refractivity contribution is 7.89. The second kappa shape index (κ2) is 4.57. The number of hydrogen-bond acceptors (Lipinski definition) is 4. The molecule has 78 valence electrons. The van der Waals surface area contributed by atoms with E-state index in [-0.39, 0.29) is 5.92 Å². The van der Waals surface area contributed by atoms with Gasteiger partial charge in [0.05, 0.1) is 12.3 Å². The Morgan fingerprint density at radius 2 is 1.92 bits per heavy atom. The van der Waals surface area contributed by atoms with Gasteiger partial charge in [-0.1, -0.05) is 13.8 Å². The van der Waals surface area contributed by atoms with E-state index < -0.39 is 22.0 Å². The molecule has 13 heavy (non-hydrogen) atoms. The lowest BCUT2D eigenvalue weighted by molar-refractivity contribution is -0.120. The first-order valence-corrected chi connectivity index (χ1v) is 5.88. The number of hydrogen-bond donors (Lipinski definition) is 2. The van der Waals surface area contributed by atoms with Crippen LogP contribution in [0, 0.1) is 5.92 Å². The molecule has 0 aromatic carbocycles. The first kappa shape index (κ1) is 12.4. The van der Waals surface area contributed by atoms with E-state index in [9.17, 15) is 13.2 Å². The van der Waals surface area contributed by atoms with E-state index in [4.69, 9.17) is 5.73 Å². The summed E-state index contributed by atoms with van der Waals surface area (Å²) >= 11 is 0. The molecule has 3 N–H and O–H groups in total. The maximum atomic E-state index is 11.1. The average molecular weight is 208 g/mol. The third-order valence-corrected chi connectivity index (χ3v) is 1.92. The second-order valence-electron chi connectivity index (χ2n) is 3.47. The van der Waals surface area contributed by atoms with Crippen LogP contribution in [0.5, 0.6) is 0 Å². The van der Waals surface area contributed by atoms with Gasteiger partial charge in [0.2, 0.25) is 15.9 Å². The molecule has 1 atom stereocenters. The van der Waals surface area contributed by atoms with Gasteiger partial charge in [-0.25, -0.2) is 8.42 Å². The Labute approximate surface area is 78.7 Å². The topological polar surface area (TPSA) is 89.3 Å². The van der Waals surface area contributed by atoms with Crippen LogP contribution < -0.4 is 10.5 Å². The molecule has 0 rings (SSSR count). The third-order valence-electron chi connectivity index (χ3n) is 1.35. The summed E-state index contributed by atoms with van der Waals surface area (Å²) in [6.07, 6.45) is 1.40. The van der Waals surface area contributed by atoms with Crippen molar-refractivity contribution in [3.05, 3.63) is 0 Å². The molecule has 0 saturated heterocycles. The molecule has 6 heteroatoms. The molecular formula is C7H16N2O3S. The zero-order valence-electron chi connectivity index (χ0n) is 8.07. The van der Waals surface area contributed by atoms with Gasteiger partial charge in [-0.05, 0) is 12.3 Å². The lowest BCUT2D eigenvalue weighted by Gasteiger charge is -2.12. The van der Waals surface area contributed by atoms with Crippen molar-refractivity contribution in [2.24, 2.45) is 11.7 Å². The van der Waals surface area contributed by atoms with E-state index in [0.717, 1.165) is 6.26 Å². The SMILES string of the molecule is CC(C)CC(N)C(=O)NS(C)(=O)=O. The van der Waals surface area contributed by atoms with Crippen LogP contribution >= 0.6 is 0 Å². The standard InChI is InChI=1S/C7H16N2O3S/c1-5(2)4-6(8)7(10)9-13(3,11)12/h5-6H,4,8H2,1-3H3,(H,9,10). The summed E-state index contributed by atoms with van der Waals surface area (Å²) in [6.45, 7) is 3.82. The Hall–Kier alpha value is -0.620. The van der Waals surface area contributed by atoms with Gasteiger partial charge in [0.25, 0.3) is 0 Å². The molecule has 0 aliphatic rings. The fraction of sp³-hybridized carbons (Fsp3) is 0.857. The highest BCUT2D eigenvalue weighted by Crippen LogP contribution is 2.02. The first-order valence-electron chi connectivity index (χ1n) is 3.99. The normalized spacial score (nSPS) is 14.2. The van der Waals surface area contributed by atoms with E-state index in [1.165, 1.54) is 0 Å². The Morgan fingerprint density at radius 3 is 2.23 bits per heavy atom. The Morgan fingerprint density at radius 1 is 1.46 bits per heavy atom. The molecule has 0 fully saturated rings. The number of amides is 1. The summed E-state index contributed by atoms with van der Waals surface area (Å²) < 4.78 is 23.1. The lowest BCUT2D eigenvalue weighted by Crippen LogP contribution is -2.43. The Bertz CT molecular complexity index is 271. The van der Waals surface area contributed by atoms with Crippen LogP contribution in [0.15, 0.2) is 0 Å². The van der Waals surface area contributed by atoms with E-state index in [1.807, 2.05) is 18.6 Å². The van der Waals surface area contributed by atoms with Gasteiger partial charge >= 0.3 is 0 Å². The fourth-order valence-electron chi connectivity index (χ4n) is 0.873. The van der Waals surface area contributed by atoms with Crippen molar-refractivity contribution < 1.29 is 13.2 Å². The molecule has 0 radical (unpaired) electrons. The largest absolute Gasteiger partial charge is 0.320 e. The van der Waals surface area contributed by atoms with Crippen molar-refractivity contribution in [2.75, 3.05) is 6.26 Å². The minimum absolute atomic E-state index is 0.264. The second-order valence-corrected chi connectivity index (χ2v) is 5.22. The monoisotopic (exact) mass is 208 g/mol. The summed E-state index contributed by atoms with van der Waals surface area (Å²) in [4.78, 5) is 11.1. The maximum Gasteiger partial charge on any atom is 0.250 e. The molecule has 0 spiro atoms. The van der Waals surface area contributed by atoms with Gasteiger partial charge in [-0.2, -0.15) is 0 Å². The molecule has 1 unspecified atom stereocenters. The summed E-state index contributed by atoms with van der Waals surface area (Å²) in [5, 5.41) is 0. The highest BCUT2D eigenvalue weighted by atomic mass is 32.2. The molecule has 0 bridgehead atoms. The molecule has 5 nitrogen and oxygen atoms in total. The summed E-state index contributed by atoms with van der Waals surface area (Å²) in [5.41, 5.74) is 5.45. The minimum atomic E-state index is -3.48. The third kappa shape index (κ3) is 6.53. The van der Waals surface area contributed by atoms with E-state index >= 15 is 0 Å². The van der Waals surface area contributed by atoms with Crippen LogP contribution in [-0.2, 0) is 14.8 Å². The number of carbonyl (C=O) groups excluding carboxylic acids is 1. The van der Waals surface area contributed by atoms with Crippen molar-refractivity contribution in [2.45, 2.75) is 26.3 Å². The van der Waals surface area contributed by atoms with Crippen LogP contribution in [0.25, 0.3) is 0 Å². The zero-order chi connectivity index (χ0) is 10.6. The van der Waals surface area contributed by atoms with E-state index in [2.05, 4.69) is 0 Å². The van der Waals surface area contributed by atoms with Crippen LogP contribution in [0.1, 0.15) is 20.3 Å². The average Bonchev–Trinajstić information content (AvgIpc) is 1.81. The van der Waals surface area contributed by atoms with Gasteiger partial charge in [0, 0.05) is 0 Å². The van der Waals surface area contributed by atoms with Gasteiger partial charge in [-0.3, -0.25) is 9.52 Å². The number of nitrogens with two attached hydrogens (primary N) is 1. The molecule has 0 heterocycles. The summed E-state index contributed by atoms with van der Waals surface area (Å²) in [6, 6.07) is -0.755. The lowest BCUT2D eigenvalue weighted by atomic mass is 10.0. The summed E-state index contributed by atoms with van der Waals surface area (Å²) in [5.74, 6) is -0.378. The minimum Gasteiger partial charge on any atom is -0.320 e. The number of carbonyl (C=O) groups is 1. The Balaban J connectivity index is 4.13. The Kier molecular flexibility index (Phi) is 4.35. The number of nitrogens with one attached hydrogen (secondary N) is 1. The van der Waals surface area contributed by atoms with Gasteiger partial charge in [-0.15, -0.1) is 0 Å². The number of sulfonamides is 1. The first-order chi connectivity index (χ1) is 5.72. The van der Waals surface area contributed by atoms with Gasteiger partial charge in [0.1, 0.15) is 0 Å². The molecule has 0 saturated carbocycles. The van der Waals surface area contributed by atoms with Crippen molar-refractivity contribution in [3.8, 4) is 0 Å². The van der Waals surface area contributed by atoms with Crippen molar-refractivity contribution in [1.82, 2.24) is 4.72 Å². The van der Waals surface area contributed by atoms with Crippen LogP contribution in [0.4, 0.5) is 0 Å². The van der Waals surface area contributed by atoms with Crippen molar-refractivity contribution in [3.63, 3.8) is 0 Å². The number of rotatable bonds is 4. The molecular weight excluding hydrogens is 192 g/mol. The predicted molar refractivity (Wildman–Crippen MR) is 50.4 cm³/mol. The van der Waals surface area contributed by atoms with Crippen LogP contribution in [0.2, 0.25) is 0 Å². The van der Waals surface area contributed by atoms with Crippen molar-refractivity contribution >= 4 is 15.9 Å². The molecule has 0 aromatic heterocycles. The van der Waals surface area contributed by atoms with Crippen molar-refractivity contribution in [1.29, 1.82) is 0 Å². The molecule has 0 aromatic rings. The van der Waals surface area contributed by atoms with Gasteiger partial charge < -0.3 is 5.73 Å². The van der Waals surface area contributed by atoms with E-state index in [0.29, 0.717) is 6.42 Å².